The van der Waals surface area contributed by atoms with Crippen molar-refractivity contribution >= 4 is 23.5 Å². The Balaban J connectivity index is 1.37. The lowest BCUT2D eigenvalue weighted by atomic mass is 9.91. The van der Waals surface area contributed by atoms with Crippen LogP contribution in [0.15, 0.2) is 35.8 Å². The first-order chi connectivity index (χ1) is 19.9. The number of rotatable bonds is 9. The molecule has 4 unspecified atom stereocenters. The van der Waals surface area contributed by atoms with Gasteiger partial charge in [0.2, 0.25) is 5.91 Å². The van der Waals surface area contributed by atoms with Gasteiger partial charge in [0.1, 0.15) is 18.6 Å². The first-order valence-electron chi connectivity index (χ1n) is 14.7. The lowest BCUT2D eigenvalue weighted by Gasteiger charge is -2.41. The summed E-state index contributed by atoms with van der Waals surface area (Å²) in [5.74, 6) is 0.514. The number of halogens is 1. The molecular weight excluding hydrogens is 539 g/mol. The molecule has 3 aliphatic heterocycles. The normalized spacial score (nSPS) is 28.1. The Bertz CT molecular complexity index is 1230. The van der Waals surface area contributed by atoms with Crippen LogP contribution >= 0.6 is 11.8 Å². The van der Waals surface area contributed by atoms with E-state index in [0.717, 1.165) is 47.8 Å². The third-order valence-corrected chi connectivity index (χ3v) is 10.2. The number of hydrogen-bond donors (Lipinski definition) is 0. The van der Waals surface area contributed by atoms with E-state index in [9.17, 15) is 10.1 Å². The standard InChI is InChI=1S/C31H40FN6O2S/c1-4-29(39)38-17-16-37(19-22(38)13-14-33)30-25(12-11-24-18-27(32)26-9-5-6-10-28(26)41-24)21(2)34-31(35-30)40-20-23-8-7-15-36(23)3/h4-6,9-10,22-24,26-27H,1,7-8,11-13,15-20H2,2-3H3/t22?,23?,24-,26?,27?/m0/s1. The van der Waals surface area contributed by atoms with Gasteiger partial charge in [-0.1, -0.05) is 24.8 Å². The smallest absolute Gasteiger partial charge is 0.318 e. The lowest BCUT2D eigenvalue weighted by molar-refractivity contribution is -0.128. The Morgan fingerprint density at radius 3 is 2.90 bits per heavy atom. The van der Waals surface area contributed by atoms with Crippen LogP contribution in [0.2, 0.25) is 0 Å². The first kappa shape index (κ1) is 29.6. The molecule has 1 radical (unpaired) electrons. The van der Waals surface area contributed by atoms with E-state index in [1.165, 1.54) is 6.08 Å². The number of amides is 1. The minimum atomic E-state index is -0.874. The van der Waals surface area contributed by atoms with E-state index >= 15 is 4.39 Å². The number of fused-ring (bicyclic) bond motifs is 1. The fourth-order valence-corrected chi connectivity index (χ4v) is 7.79. The van der Waals surface area contributed by atoms with Gasteiger partial charge < -0.3 is 19.4 Å². The molecule has 0 saturated carbocycles. The molecule has 3 fully saturated rings. The summed E-state index contributed by atoms with van der Waals surface area (Å²) in [6.45, 7) is 8.77. The Hall–Kier alpha value is -2.90. The number of allylic oxidation sites excluding steroid dienone is 4. The number of nitrogens with zero attached hydrogens (tertiary/aromatic N) is 6. The highest BCUT2D eigenvalue weighted by Crippen LogP contribution is 2.45. The second kappa shape index (κ2) is 13.4. The van der Waals surface area contributed by atoms with Gasteiger partial charge in [0.15, 0.2) is 0 Å². The van der Waals surface area contributed by atoms with Gasteiger partial charge in [0.25, 0.3) is 0 Å². The summed E-state index contributed by atoms with van der Waals surface area (Å²) in [7, 11) is 2.12. The zero-order chi connectivity index (χ0) is 28.9. The summed E-state index contributed by atoms with van der Waals surface area (Å²) >= 11 is 1.79. The SMILES string of the molecule is C=CC(=O)N1CCN(c2nc(OCC3CCCN3C)nc(C)c2CC[C@H]2CC(F)C3[CH]C=CC=C3S2)CC1CC#N. The van der Waals surface area contributed by atoms with Gasteiger partial charge in [-0.3, -0.25) is 4.79 Å². The second-order valence-corrected chi connectivity index (χ2v) is 12.8. The second-order valence-electron chi connectivity index (χ2n) is 11.4. The number of anilines is 1. The van der Waals surface area contributed by atoms with Crippen LogP contribution in [-0.2, 0) is 11.2 Å². The third-order valence-electron chi connectivity index (χ3n) is 8.73. The number of likely N-dealkylation sites (N-methyl/N-ethyl adjacent to an activating group) is 1. The molecule has 1 aromatic heterocycles. The maximum Gasteiger partial charge on any atom is 0.318 e. The van der Waals surface area contributed by atoms with Crippen molar-refractivity contribution in [1.82, 2.24) is 19.8 Å². The van der Waals surface area contributed by atoms with Crippen molar-refractivity contribution in [3.63, 3.8) is 0 Å². The minimum Gasteiger partial charge on any atom is -0.462 e. The van der Waals surface area contributed by atoms with Crippen molar-refractivity contribution in [2.45, 2.75) is 69.0 Å². The molecule has 219 valence electrons. The highest BCUT2D eigenvalue weighted by atomic mass is 32.2. The molecule has 0 N–H and O–H groups in total. The van der Waals surface area contributed by atoms with E-state index in [1.807, 2.05) is 31.6 Å². The predicted molar refractivity (Wildman–Crippen MR) is 160 cm³/mol. The molecule has 0 bridgehead atoms. The summed E-state index contributed by atoms with van der Waals surface area (Å²) in [5, 5.41) is 9.66. The summed E-state index contributed by atoms with van der Waals surface area (Å²) in [6, 6.07) is 2.68. The highest BCUT2D eigenvalue weighted by Gasteiger charge is 2.36. The van der Waals surface area contributed by atoms with Crippen LogP contribution in [0.1, 0.15) is 43.4 Å². The fourth-order valence-electron chi connectivity index (χ4n) is 6.35. The number of nitriles is 1. The summed E-state index contributed by atoms with van der Waals surface area (Å²) in [5.41, 5.74) is 1.88. The largest absolute Gasteiger partial charge is 0.462 e. The maximum atomic E-state index is 15.0. The van der Waals surface area contributed by atoms with Gasteiger partial charge >= 0.3 is 6.01 Å². The topological polar surface area (TPSA) is 85.6 Å². The number of ether oxygens (including phenoxy) is 1. The van der Waals surface area contributed by atoms with Crippen LogP contribution in [0.3, 0.4) is 0 Å². The minimum absolute atomic E-state index is 0.121. The number of alkyl halides is 1. The number of likely N-dealkylation sites (tertiary alicyclic amines) is 1. The molecule has 4 heterocycles. The number of carbonyl (C=O) groups is 1. The van der Waals surface area contributed by atoms with E-state index < -0.39 is 6.17 Å². The predicted octanol–water partition coefficient (Wildman–Crippen LogP) is 4.43. The van der Waals surface area contributed by atoms with Gasteiger partial charge in [-0.25, -0.2) is 9.37 Å². The Labute approximate surface area is 247 Å². The maximum absolute atomic E-state index is 15.0. The average molecular weight is 580 g/mol. The monoisotopic (exact) mass is 579 g/mol. The molecule has 4 aliphatic rings. The van der Waals surface area contributed by atoms with Crippen molar-refractivity contribution in [2.75, 3.05) is 44.7 Å². The molecule has 10 heteroatoms. The molecule has 0 spiro atoms. The van der Waals surface area contributed by atoms with E-state index in [4.69, 9.17) is 14.7 Å². The lowest BCUT2D eigenvalue weighted by Crippen LogP contribution is -2.55. The van der Waals surface area contributed by atoms with Crippen LogP contribution < -0.4 is 9.64 Å². The zero-order valence-corrected chi connectivity index (χ0v) is 24.9. The Morgan fingerprint density at radius 1 is 1.29 bits per heavy atom. The number of piperazine rings is 1. The quantitative estimate of drug-likeness (QED) is 0.398. The van der Waals surface area contributed by atoms with E-state index in [1.54, 1.807) is 16.7 Å². The van der Waals surface area contributed by atoms with Gasteiger partial charge in [-0.15, -0.1) is 11.8 Å². The van der Waals surface area contributed by atoms with Gasteiger partial charge in [0, 0.05) is 48.1 Å². The van der Waals surface area contributed by atoms with E-state index in [2.05, 4.69) is 29.5 Å². The third kappa shape index (κ3) is 6.78. The van der Waals surface area contributed by atoms with Crippen LogP contribution in [-0.4, -0.2) is 89.0 Å². The number of carbonyl (C=O) groups excluding carboxylic acids is 1. The van der Waals surface area contributed by atoms with Crippen LogP contribution in [0, 0.1) is 30.6 Å². The molecule has 0 aromatic carbocycles. The van der Waals surface area contributed by atoms with Crippen molar-refractivity contribution in [2.24, 2.45) is 5.92 Å². The van der Waals surface area contributed by atoms with Gasteiger partial charge in [0.05, 0.1) is 18.5 Å². The van der Waals surface area contributed by atoms with Crippen molar-refractivity contribution < 1.29 is 13.9 Å². The molecule has 5 rings (SSSR count). The molecule has 41 heavy (non-hydrogen) atoms. The Morgan fingerprint density at radius 2 is 2.15 bits per heavy atom. The van der Waals surface area contributed by atoms with Crippen LogP contribution in [0.25, 0.3) is 0 Å². The van der Waals surface area contributed by atoms with Crippen LogP contribution in [0.4, 0.5) is 10.2 Å². The number of aromatic nitrogens is 2. The molecular formula is C31H40FN6O2S. The summed E-state index contributed by atoms with van der Waals surface area (Å²) < 4.78 is 21.2. The van der Waals surface area contributed by atoms with Crippen molar-refractivity contribution in [3.05, 3.63) is 53.5 Å². The van der Waals surface area contributed by atoms with Crippen molar-refractivity contribution in [3.8, 4) is 12.1 Å². The number of aryl methyl sites for hydroxylation is 1. The van der Waals surface area contributed by atoms with E-state index in [0.29, 0.717) is 51.1 Å². The highest BCUT2D eigenvalue weighted by molar-refractivity contribution is 8.03. The van der Waals surface area contributed by atoms with Gasteiger partial charge in [-0.05, 0) is 70.0 Å². The molecule has 5 atom stereocenters. The summed E-state index contributed by atoms with van der Waals surface area (Å²) in [4.78, 5) is 29.5. The molecule has 1 amide bonds. The Kier molecular flexibility index (Phi) is 9.66. The van der Waals surface area contributed by atoms with E-state index in [-0.39, 0.29) is 29.5 Å². The fraction of sp³-hybridized carbons (Fsp3) is 0.581. The number of thioether (sulfide) groups is 1. The molecule has 1 aromatic rings. The molecule has 1 aliphatic carbocycles. The number of hydrogen-bond acceptors (Lipinski definition) is 8. The first-order valence-corrected chi connectivity index (χ1v) is 15.5. The van der Waals surface area contributed by atoms with Gasteiger partial charge in [-0.2, -0.15) is 10.2 Å². The van der Waals surface area contributed by atoms with Crippen LogP contribution in [0.5, 0.6) is 6.01 Å². The zero-order valence-electron chi connectivity index (χ0n) is 24.0. The summed E-state index contributed by atoms with van der Waals surface area (Å²) in [6.07, 6.45) is 12.9. The average Bonchev–Trinajstić information content (AvgIpc) is 3.39. The van der Waals surface area contributed by atoms with Crippen molar-refractivity contribution in [1.29, 1.82) is 5.26 Å². The molecule has 3 saturated heterocycles. The molecule has 8 nitrogen and oxygen atoms in total.